The van der Waals surface area contributed by atoms with Gasteiger partial charge >= 0.3 is 16.5 Å². The molecule has 2 heterocycles. The summed E-state index contributed by atoms with van der Waals surface area (Å²) in [6.45, 7) is 8.98. The van der Waals surface area contributed by atoms with Crippen LogP contribution in [-0.2, 0) is 16.5 Å². The number of rotatable bonds is 0. The van der Waals surface area contributed by atoms with E-state index in [4.69, 9.17) is 30.6 Å². The molecule has 14 nitrogen and oxygen atoms in total. The van der Waals surface area contributed by atoms with Crippen molar-refractivity contribution in [2.24, 2.45) is 0 Å². The van der Waals surface area contributed by atoms with Crippen molar-refractivity contribution in [3.05, 3.63) is 30.6 Å². The molecular weight excluding hydrogens is 507 g/mol. The summed E-state index contributed by atoms with van der Waals surface area (Å²) in [5.41, 5.74) is 0. The Labute approximate surface area is 217 Å². The normalized spacial score (nSPS) is 28.8. The summed E-state index contributed by atoms with van der Waals surface area (Å²) in [5.74, 6) is 0. The van der Waals surface area contributed by atoms with E-state index in [1.54, 1.807) is 0 Å². The maximum absolute atomic E-state index is 8.25. The Morgan fingerprint density at radius 1 is 0.457 bits per heavy atom. The Morgan fingerprint density at radius 2 is 0.657 bits per heavy atom. The summed E-state index contributed by atoms with van der Waals surface area (Å²) in [6, 6.07) is 2.92. The van der Waals surface area contributed by atoms with Gasteiger partial charge in [-0.3, -0.25) is 0 Å². The van der Waals surface area contributed by atoms with Gasteiger partial charge in [0.1, 0.15) is 0 Å². The first kappa shape index (κ1) is 33.7. The van der Waals surface area contributed by atoms with E-state index >= 15 is 0 Å². The second-order valence-corrected chi connectivity index (χ2v) is 8.76. The van der Waals surface area contributed by atoms with Crippen molar-refractivity contribution in [3.8, 4) is 0 Å². The molecule has 0 unspecified atom stereocenters. The van der Waals surface area contributed by atoms with E-state index in [0.29, 0.717) is 0 Å². The first-order valence-electron chi connectivity index (χ1n) is 12.4. The third kappa shape index (κ3) is 18.6. The molecule has 4 atom stereocenters. The number of fused-ring (bicyclic) bond motifs is 2. The molecule has 2 saturated carbocycles. The fourth-order valence-corrected chi connectivity index (χ4v) is 4.87. The molecule has 2 aliphatic heterocycles. The smallest absolute Gasteiger partial charge is 0.356 e. The zero-order valence-corrected chi connectivity index (χ0v) is 21.3. The minimum Gasteiger partial charge on any atom is -0.356 e. The summed E-state index contributed by atoms with van der Waals surface area (Å²) in [5, 5.41) is 50.9. The van der Waals surface area contributed by atoms with E-state index < -0.39 is 10.2 Å². The predicted octanol–water partition coefficient (Wildman–Crippen LogP) is -0.321. The molecule has 2 saturated heterocycles. The Bertz CT molecular complexity index is 468. The van der Waals surface area contributed by atoms with Crippen LogP contribution in [0.4, 0.5) is 0 Å². The first-order chi connectivity index (χ1) is 16.4. The SMILES string of the molecule is C1CC[C@H]2NCCNCCN[C@@H]2C1.C1CC[C@H]2NCCNCCN[C@@H]2C1.O=[N+]([O-])[O-].O=[N+]([O-])[O-].[Ni+2]. The molecular formula is C20H42N8NiO6. The third-order valence-electron chi connectivity index (χ3n) is 6.37. The second kappa shape index (κ2) is 21.9. The van der Waals surface area contributed by atoms with E-state index in [2.05, 4.69) is 31.9 Å². The summed E-state index contributed by atoms with van der Waals surface area (Å²) >= 11 is 0. The van der Waals surface area contributed by atoms with Crippen LogP contribution in [0.5, 0.6) is 0 Å². The summed E-state index contributed by atoms with van der Waals surface area (Å²) in [4.78, 5) is 16.5. The van der Waals surface area contributed by atoms with Gasteiger partial charge in [0.2, 0.25) is 0 Å². The molecule has 208 valence electrons. The minimum absolute atomic E-state index is 0. The van der Waals surface area contributed by atoms with Crippen LogP contribution in [0.15, 0.2) is 0 Å². The van der Waals surface area contributed by atoms with Gasteiger partial charge in [0.05, 0.1) is 10.2 Å². The molecule has 4 aliphatic rings. The van der Waals surface area contributed by atoms with Crippen LogP contribution in [0, 0.1) is 30.6 Å². The average Bonchev–Trinajstić information content (AvgIpc) is 2.99. The molecule has 0 bridgehead atoms. The molecule has 0 amide bonds. The van der Waals surface area contributed by atoms with Crippen LogP contribution in [0.1, 0.15) is 51.4 Å². The molecule has 0 aromatic rings. The largest absolute Gasteiger partial charge is 2.00 e. The van der Waals surface area contributed by atoms with Crippen LogP contribution in [0.2, 0.25) is 0 Å². The molecule has 35 heavy (non-hydrogen) atoms. The molecule has 0 spiro atoms. The predicted molar refractivity (Wildman–Crippen MR) is 131 cm³/mol. The molecule has 0 aromatic heterocycles. The van der Waals surface area contributed by atoms with Crippen molar-refractivity contribution >= 4 is 0 Å². The zero-order chi connectivity index (χ0) is 25.0. The van der Waals surface area contributed by atoms with Crippen molar-refractivity contribution in [1.29, 1.82) is 0 Å². The van der Waals surface area contributed by atoms with Crippen LogP contribution in [0.3, 0.4) is 0 Å². The van der Waals surface area contributed by atoms with E-state index in [0.717, 1.165) is 76.5 Å². The topological polar surface area (TPSA) is 205 Å². The molecule has 4 fully saturated rings. The first-order valence-corrected chi connectivity index (χ1v) is 12.4. The van der Waals surface area contributed by atoms with Gasteiger partial charge in [-0.05, 0) is 25.7 Å². The maximum atomic E-state index is 8.25. The van der Waals surface area contributed by atoms with E-state index in [-0.39, 0.29) is 16.5 Å². The van der Waals surface area contributed by atoms with Crippen LogP contribution < -0.4 is 31.9 Å². The monoisotopic (exact) mass is 548 g/mol. The summed E-state index contributed by atoms with van der Waals surface area (Å²) < 4.78 is 0. The van der Waals surface area contributed by atoms with Gasteiger partial charge in [-0.2, -0.15) is 0 Å². The van der Waals surface area contributed by atoms with Crippen molar-refractivity contribution in [2.75, 3.05) is 52.4 Å². The van der Waals surface area contributed by atoms with Crippen molar-refractivity contribution in [1.82, 2.24) is 31.9 Å². The van der Waals surface area contributed by atoms with E-state index in [1.165, 1.54) is 51.4 Å². The Hall–Kier alpha value is -1.35. The van der Waals surface area contributed by atoms with Crippen LogP contribution in [-0.4, -0.2) is 86.7 Å². The Balaban J connectivity index is 0.000000499. The standard InChI is InChI=1S/2C10H21N3.2NO3.Ni/c2*1-2-4-10-9(3-1)12-7-5-11-6-8-13-10;2*2-1(3)4;/h2*9-13H,1-8H2;;;/q;;2*-1;+2/t2*9-,10-;;;/m11.../s1. The van der Waals surface area contributed by atoms with Gasteiger partial charge in [-0.25, -0.2) is 0 Å². The van der Waals surface area contributed by atoms with Gasteiger partial charge in [-0.1, -0.05) is 25.7 Å². The van der Waals surface area contributed by atoms with Gasteiger partial charge in [0.25, 0.3) is 0 Å². The molecule has 0 radical (unpaired) electrons. The molecule has 2 aliphatic carbocycles. The van der Waals surface area contributed by atoms with Crippen LogP contribution >= 0.6 is 0 Å². The quantitative estimate of drug-likeness (QED) is 0.131. The van der Waals surface area contributed by atoms with E-state index in [1.807, 2.05) is 0 Å². The average molecular weight is 549 g/mol. The van der Waals surface area contributed by atoms with Crippen molar-refractivity contribution in [3.63, 3.8) is 0 Å². The number of nitrogens with zero attached hydrogens (tertiary/aromatic N) is 2. The van der Waals surface area contributed by atoms with Gasteiger partial charge < -0.3 is 62.5 Å². The Morgan fingerprint density at radius 3 is 0.857 bits per heavy atom. The molecule has 0 aromatic carbocycles. The number of hydrogen-bond donors (Lipinski definition) is 6. The molecule has 6 N–H and O–H groups in total. The zero-order valence-electron chi connectivity index (χ0n) is 20.3. The van der Waals surface area contributed by atoms with E-state index in [9.17, 15) is 0 Å². The fraction of sp³-hybridized carbons (Fsp3) is 1.00. The fourth-order valence-electron chi connectivity index (χ4n) is 4.87. The van der Waals surface area contributed by atoms with Crippen LogP contribution in [0.25, 0.3) is 0 Å². The van der Waals surface area contributed by atoms with Gasteiger partial charge in [0.15, 0.2) is 0 Å². The maximum Gasteiger partial charge on any atom is 2.00 e. The van der Waals surface area contributed by atoms with Crippen molar-refractivity contribution < 1.29 is 26.7 Å². The molecule has 15 heteroatoms. The third-order valence-corrected chi connectivity index (χ3v) is 6.37. The molecule has 4 rings (SSSR count). The Kier molecular flexibility index (Phi) is 21.1. The second-order valence-electron chi connectivity index (χ2n) is 8.76. The van der Waals surface area contributed by atoms with Gasteiger partial charge in [0, 0.05) is 76.5 Å². The summed E-state index contributed by atoms with van der Waals surface area (Å²) in [6.07, 6.45) is 11.1. The van der Waals surface area contributed by atoms with Gasteiger partial charge in [-0.15, -0.1) is 0 Å². The van der Waals surface area contributed by atoms with Crippen molar-refractivity contribution in [2.45, 2.75) is 75.5 Å². The number of nitrogens with one attached hydrogen (secondary N) is 6. The minimum atomic E-state index is -1.75. The summed E-state index contributed by atoms with van der Waals surface area (Å²) in [7, 11) is 0. The number of hydrogen-bond acceptors (Lipinski definition) is 12.